The first-order valence-corrected chi connectivity index (χ1v) is 10.6. The SMILES string of the molecule is COc1ccc(OC)c(NC(=O)C(OC(=O)c2ccccc2)C(OC(=O)c2ccccc2)C(=O)O)c1. The molecule has 186 valence electrons. The van der Waals surface area contributed by atoms with Crippen molar-refractivity contribution >= 4 is 29.5 Å². The summed E-state index contributed by atoms with van der Waals surface area (Å²) in [7, 11) is 2.79. The van der Waals surface area contributed by atoms with Crippen LogP contribution in [0.15, 0.2) is 78.9 Å². The molecular weight excluding hydrogens is 470 g/mol. The summed E-state index contributed by atoms with van der Waals surface area (Å²) >= 11 is 0. The van der Waals surface area contributed by atoms with Crippen LogP contribution in [-0.2, 0) is 19.1 Å². The minimum atomic E-state index is -2.16. The summed E-state index contributed by atoms with van der Waals surface area (Å²) < 4.78 is 20.8. The monoisotopic (exact) mass is 493 g/mol. The lowest BCUT2D eigenvalue weighted by Gasteiger charge is -2.24. The average molecular weight is 493 g/mol. The third kappa shape index (κ3) is 6.38. The summed E-state index contributed by atoms with van der Waals surface area (Å²) in [5.74, 6) is -4.18. The second kappa shape index (κ2) is 12.0. The van der Waals surface area contributed by atoms with Gasteiger partial charge in [0.05, 0.1) is 31.0 Å². The van der Waals surface area contributed by atoms with Gasteiger partial charge < -0.3 is 29.4 Å². The molecular formula is C26H23NO9. The fraction of sp³-hybridized carbons (Fsp3) is 0.154. The standard InChI is InChI=1S/C26H23NO9/c1-33-18-13-14-20(34-2)19(15-18)27-23(28)21(35-25(31)16-9-5-3-6-10-16)22(24(29)30)36-26(32)17-11-7-4-8-12-17/h3-15,21-22H,1-2H3,(H,27,28)(H,29,30). The van der Waals surface area contributed by atoms with Crippen LogP contribution < -0.4 is 14.8 Å². The second-order valence-electron chi connectivity index (χ2n) is 7.28. The lowest BCUT2D eigenvalue weighted by molar-refractivity contribution is -0.157. The fourth-order valence-electron chi connectivity index (χ4n) is 3.13. The number of carbonyl (C=O) groups excluding carboxylic acids is 3. The van der Waals surface area contributed by atoms with E-state index in [1.165, 1.54) is 50.6 Å². The Bertz CT molecular complexity index is 1230. The van der Waals surface area contributed by atoms with E-state index in [2.05, 4.69) is 5.32 Å². The van der Waals surface area contributed by atoms with Crippen LogP contribution in [0.4, 0.5) is 5.69 Å². The summed E-state index contributed by atoms with van der Waals surface area (Å²) in [6.07, 6.45) is -4.22. The molecule has 0 aliphatic rings. The maximum Gasteiger partial charge on any atom is 0.349 e. The Hall–Kier alpha value is -4.86. The van der Waals surface area contributed by atoms with Crippen molar-refractivity contribution in [3.05, 3.63) is 90.0 Å². The van der Waals surface area contributed by atoms with Gasteiger partial charge in [0, 0.05) is 6.07 Å². The largest absolute Gasteiger partial charge is 0.497 e. The molecule has 2 N–H and O–H groups in total. The zero-order chi connectivity index (χ0) is 26.1. The van der Waals surface area contributed by atoms with Crippen LogP contribution >= 0.6 is 0 Å². The normalized spacial score (nSPS) is 11.9. The number of aliphatic carboxylic acids is 1. The molecule has 0 spiro atoms. The molecule has 3 aromatic rings. The topological polar surface area (TPSA) is 137 Å². The van der Waals surface area contributed by atoms with Crippen molar-refractivity contribution in [2.24, 2.45) is 0 Å². The minimum absolute atomic E-state index is 0.0479. The van der Waals surface area contributed by atoms with Crippen molar-refractivity contribution in [2.45, 2.75) is 12.2 Å². The number of amides is 1. The molecule has 10 heteroatoms. The molecule has 2 unspecified atom stereocenters. The number of nitrogens with one attached hydrogen (secondary N) is 1. The summed E-state index contributed by atoms with van der Waals surface area (Å²) in [5, 5.41) is 12.3. The Labute approximate surface area is 206 Å². The van der Waals surface area contributed by atoms with Crippen molar-refractivity contribution in [1.29, 1.82) is 0 Å². The van der Waals surface area contributed by atoms with Gasteiger partial charge in [-0.1, -0.05) is 36.4 Å². The number of carboxylic acid groups (broad SMARTS) is 1. The van der Waals surface area contributed by atoms with E-state index < -0.39 is 36.0 Å². The Kier molecular flexibility index (Phi) is 8.60. The van der Waals surface area contributed by atoms with E-state index in [0.717, 1.165) is 0 Å². The maximum atomic E-state index is 13.3. The number of methoxy groups -OCH3 is 2. The van der Waals surface area contributed by atoms with Gasteiger partial charge in [0.1, 0.15) is 11.5 Å². The first-order valence-electron chi connectivity index (χ1n) is 10.6. The number of esters is 2. The van der Waals surface area contributed by atoms with Crippen molar-refractivity contribution < 1.29 is 43.2 Å². The maximum absolute atomic E-state index is 13.3. The number of hydrogen-bond acceptors (Lipinski definition) is 8. The Morgan fingerprint density at radius 1 is 0.722 bits per heavy atom. The molecule has 3 rings (SSSR count). The number of hydrogen-bond donors (Lipinski definition) is 2. The average Bonchev–Trinajstić information content (AvgIpc) is 2.91. The van der Waals surface area contributed by atoms with Crippen molar-refractivity contribution in [2.75, 3.05) is 19.5 Å². The zero-order valence-electron chi connectivity index (χ0n) is 19.4. The fourth-order valence-corrected chi connectivity index (χ4v) is 3.13. The molecule has 36 heavy (non-hydrogen) atoms. The molecule has 0 saturated heterocycles. The predicted molar refractivity (Wildman–Crippen MR) is 127 cm³/mol. The van der Waals surface area contributed by atoms with Crippen LogP contribution in [0.1, 0.15) is 20.7 Å². The smallest absolute Gasteiger partial charge is 0.349 e. The van der Waals surface area contributed by atoms with Gasteiger partial charge >= 0.3 is 17.9 Å². The molecule has 0 fully saturated rings. The van der Waals surface area contributed by atoms with Crippen LogP contribution in [-0.4, -0.2) is 55.3 Å². The highest BCUT2D eigenvalue weighted by molar-refractivity contribution is 6.02. The summed E-state index contributed by atoms with van der Waals surface area (Å²) in [4.78, 5) is 50.7. The van der Waals surface area contributed by atoms with Crippen LogP contribution in [0, 0.1) is 0 Å². The van der Waals surface area contributed by atoms with Crippen LogP contribution in [0.2, 0.25) is 0 Å². The van der Waals surface area contributed by atoms with E-state index in [1.807, 2.05) is 0 Å². The number of benzene rings is 3. The molecule has 0 bridgehead atoms. The first kappa shape index (κ1) is 25.8. The summed E-state index contributed by atoms with van der Waals surface area (Å²) in [6, 6.07) is 19.8. The van der Waals surface area contributed by atoms with E-state index in [-0.39, 0.29) is 22.6 Å². The van der Waals surface area contributed by atoms with E-state index in [9.17, 15) is 24.3 Å². The molecule has 1 amide bonds. The van der Waals surface area contributed by atoms with Gasteiger partial charge in [-0.25, -0.2) is 14.4 Å². The van der Waals surface area contributed by atoms with Crippen molar-refractivity contribution in [3.8, 4) is 11.5 Å². The number of carbonyl (C=O) groups is 4. The minimum Gasteiger partial charge on any atom is -0.497 e. The van der Waals surface area contributed by atoms with Gasteiger partial charge in [0.2, 0.25) is 12.2 Å². The Morgan fingerprint density at radius 3 is 1.72 bits per heavy atom. The number of rotatable bonds is 10. The third-order valence-corrected chi connectivity index (χ3v) is 4.93. The quantitative estimate of drug-likeness (QED) is 0.408. The summed E-state index contributed by atoms with van der Waals surface area (Å²) in [5.41, 5.74) is 0.223. The third-order valence-electron chi connectivity index (χ3n) is 4.93. The zero-order valence-corrected chi connectivity index (χ0v) is 19.4. The van der Waals surface area contributed by atoms with Crippen LogP contribution in [0.3, 0.4) is 0 Å². The van der Waals surface area contributed by atoms with E-state index in [1.54, 1.807) is 42.5 Å². The predicted octanol–water partition coefficient (Wildman–Crippen LogP) is 3.18. The molecule has 2 atom stereocenters. The number of carboxylic acids is 1. The van der Waals surface area contributed by atoms with Gasteiger partial charge in [0.15, 0.2) is 0 Å². The molecule has 3 aromatic carbocycles. The van der Waals surface area contributed by atoms with Crippen molar-refractivity contribution in [3.63, 3.8) is 0 Å². The molecule has 0 aliphatic heterocycles. The molecule has 10 nitrogen and oxygen atoms in total. The van der Waals surface area contributed by atoms with Gasteiger partial charge in [-0.2, -0.15) is 0 Å². The Morgan fingerprint density at radius 2 is 1.25 bits per heavy atom. The Balaban J connectivity index is 1.95. The van der Waals surface area contributed by atoms with Gasteiger partial charge in [-0.05, 0) is 36.4 Å². The summed E-state index contributed by atoms with van der Waals surface area (Å²) in [6.45, 7) is 0. The number of ether oxygens (including phenoxy) is 4. The lowest BCUT2D eigenvalue weighted by atomic mass is 10.1. The van der Waals surface area contributed by atoms with E-state index in [4.69, 9.17) is 18.9 Å². The number of anilines is 1. The van der Waals surface area contributed by atoms with Crippen LogP contribution in [0.5, 0.6) is 11.5 Å². The highest BCUT2D eigenvalue weighted by Crippen LogP contribution is 2.29. The van der Waals surface area contributed by atoms with E-state index >= 15 is 0 Å². The second-order valence-corrected chi connectivity index (χ2v) is 7.28. The molecule has 0 aliphatic carbocycles. The molecule has 0 heterocycles. The highest BCUT2D eigenvalue weighted by atomic mass is 16.6. The molecule has 0 radical (unpaired) electrons. The van der Waals surface area contributed by atoms with E-state index in [0.29, 0.717) is 5.75 Å². The van der Waals surface area contributed by atoms with Crippen molar-refractivity contribution in [1.82, 2.24) is 0 Å². The first-order chi connectivity index (χ1) is 17.3. The lowest BCUT2D eigenvalue weighted by Crippen LogP contribution is -2.48. The molecule has 0 saturated carbocycles. The highest BCUT2D eigenvalue weighted by Gasteiger charge is 2.41. The van der Waals surface area contributed by atoms with Gasteiger partial charge in [-0.15, -0.1) is 0 Å². The van der Waals surface area contributed by atoms with Gasteiger partial charge in [0.25, 0.3) is 5.91 Å². The van der Waals surface area contributed by atoms with Gasteiger partial charge in [-0.3, -0.25) is 4.79 Å². The van der Waals surface area contributed by atoms with Crippen LogP contribution in [0.25, 0.3) is 0 Å². The molecule has 0 aromatic heterocycles.